The number of benzene rings is 7. The Kier molecular flexibility index (Phi) is 15.3. The molecule has 0 aliphatic rings. The molecule has 28 heteroatoms. The standard InChI is InChI=1S/C32H12BF24.C20H13N2O/c34-25(35,36)13-1-14(26(37,38)39)6-21(5-13)33(22-7-15(27(40,41)42)2-16(8-22)28(43,44)45,23-9-17(29(46,47)48)3-18(10-23)30(49,50)51)24-11-19(31(52,53)54)4-20(12-24)32(55,56)57;21-14-19-15-8-2-4-10-17(15)20(18-11-5-3-9-16(18)19)23-22-12-6-1-7-13-22/h1-12H;1-13H/q-1;+1. The van der Waals surface area contributed by atoms with Gasteiger partial charge in [-0.3, -0.25) is 0 Å². The molecule has 0 atom stereocenters. The highest BCUT2D eigenvalue weighted by molar-refractivity contribution is 7.20. The van der Waals surface area contributed by atoms with E-state index in [0.717, 1.165) is 27.3 Å². The van der Waals surface area contributed by atoms with Gasteiger partial charge in [-0.15, -0.1) is 0 Å². The molecule has 7 aromatic carbocycles. The topological polar surface area (TPSA) is 36.9 Å². The Morgan fingerprint density at radius 2 is 0.537 bits per heavy atom. The lowest BCUT2D eigenvalue weighted by molar-refractivity contribution is -0.874. The van der Waals surface area contributed by atoms with E-state index in [-0.39, 0.29) is 0 Å². The Bertz CT molecular complexity index is 3160. The Balaban J connectivity index is 0.000000329. The maximum Gasteiger partial charge on any atom is 0.416 e. The number of pyridine rings is 1. The molecule has 8 aromatic rings. The van der Waals surface area contributed by atoms with Crippen LogP contribution in [0.5, 0.6) is 5.75 Å². The SMILES string of the molecule is FC(F)(F)c1cc([B-](c2cc(C(F)(F)F)cc(C(F)(F)F)c2)(c2cc(C(F)(F)F)cc(C(F)(F)F)c2)c2cc(C(F)(F)F)cc(C(F)(F)F)c2)cc(C(F)(F)F)c1.N#Cc1c2ccccc2c(O[n+]2ccccc2)c2ccccc12. The van der Waals surface area contributed by atoms with Crippen molar-refractivity contribution < 1.29 is 115 Å². The van der Waals surface area contributed by atoms with Crippen LogP contribution in [-0.4, -0.2) is 6.15 Å². The predicted octanol–water partition coefficient (Wildman–Crippen LogP) is 15.2. The van der Waals surface area contributed by atoms with Crippen LogP contribution in [0.1, 0.15) is 50.1 Å². The zero-order valence-electron chi connectivity index (χ0n) is 38.9. The molecular formula is C52H25BF24N2O. The van der Waals surface area contributed by atoms with Crippen LogP contribution in [0.2, 0.25) is 0 Å². The van der Waals surface area contributed by atoms with Gasteiger partial charge in [0.05, 0.1) is 50.1 Å². The third kappa shape index (κ3) is 12.3. The molecular weight excluding hydrogens is 1140 g/mol. The number of nitrogens with zero attached hydrogens (tertiary/aromatic N) is 2. The zero-order valence-corrected chi connectivity index (χ0v) is 38.9. The minimum atomic E-state index is -6.13. The largest absolute Gasteiger partial charge is 0.416 e. The van der Waals surface area contributed by atoms with Gasteiger partial charge in [0.1, 0.15) is 12.2 Å². The van der Waals surface area contributed by atoms with Gasteiger partial charge in [0, 0.05) is 38.4 Å². The number of hydrogen-bond acceptors (Lipinski definition) is 2. The van der Waals surface area contributed by atoms with Crippen molar-refractivity contribution in [2.24, 2.45) is 0 Å². The van der Waals surface area contributed by atoms with Crippen molar-refractivity contribution in [3.8, 4) is 11.8 Å². The van der Waals surface area contributed by atoms with Crippen LogP contribution >= 0.6 is 0 Å². The van der Waals surface area contributed by atoms with Gasteiger partial charge >= 0.3 is 49.4 Å². The number of aromatic nitrogens is 1. The summed E-state index contributed by atoms with van der Waals surface area (Å²) in [5.74, 6) is 0.756. The Labute approximate surface area is 432 Å². The molecule has 80 heavy (non-hydrogen) atoms. The summed E-state index contributed by atoms with van der Waals surface area (Å²) in [4.78, 5) is 6.11. The van der Waals surface area contributed by atoms with E-state index in [1.54, 1.807) is 4.73 Å². The van der Waals surface area contributed by atoms with Gasteiger partial charge in [0.2, 0.25) is 18.1 Å². The predicted molar refractivity (Wildman–Crippen MR) is 239 cm³/mol. The lowest BCUT2D eigenvalue weighted by atomic mass is 9.12. The van der Waals surface area contributed by atoms with Crippen LogP contribution in [0.4, 0.5) is 105 Å². The molecule has 0 amide bonds. The maximum absolute atomic E-state index is 14.2. The molecule has 0 fully saturated rings. The summed E-state index contributed by atoms with van der Waals surface area (Å²) in [5.41, 5.74) is -29.5. The molecule has 0 N–H and O–H groups in total. The van der Waals surface area contributed by atoms with Crippen molar-refractivity contribution >= 4 is 49.5 Å². The summed E-state index contributed by atoms with van der Waals surface area (Å²) < 4.78 is 342. The van der Waals surface area contributed by atoms with Gasteiger partial charge < -0.3 is 0 Å². The van der Waals surface area contributed by atoms with Crippen LogP contribution in [0.25, 0.3) is 21.5 Å². The molecule has 3 nitrogen and oxygen atoms in total. The third-order valence-corrected chi connectivity index (χ3v) is 12.3. The molecule has 0 bridgehead atoms. The molecule has 0 saturated carbocycles. The van der Waals surface area contributed by atoms with Crippen molar-refractivity contribution in [2.45, 2.75) is 49.4 Å². The van der Waals surface area contributed by atoms with E-state index >= 15 is 0 Å². The maximum atomic E-state index is 14.2. The average molecular weight is 1160 g/mol. The first-order valence-corrected chi connectivity index (χ1v) is 22.0. The van der Waals surface area contributed by atoms with E-state index in [1.165, 1.54) is 0 Å². The molecule has 0 unspecified atom stereocenters. The van der Waals surface area contributed by atoms with Crippen LogP contribution in [0.3, 0.4) is 0 Å². The van der Waals surface area contributed by atoms with Crippen molar-refractivity contribution in [2.75, 3.05) is 0 Å². The molecule has 420 valence electrons. The number of hydrogen-bond donors (Lipinski definition) is 0. The summed E-state index contributed by atoms with van der Waals surface area (Å²) in [6.07, 6.45) is -51.1. The van der Waals surface area contributed by atoms with Crippen LogP contribution < -0.4 is 31.4 Å². The van der Waals surface area contributed by atoms with Crippen molar-refractivity contribution in [3.05, 3.63) is 202 Å². The minimum absolute atomic E-state index is 0.682. The van der Waals surface area contributed by atoms with Crippen LogP contribution in [-0.2, 0) is 49.4 Å². The van der Waals surface area contributed by atoms with E-state index in [1.807, 2.05) is 79.1 Å². The smallest absolute Gasteiger partial charge is 0.230 e. The fourth-order valence-electron chi connectivity index (χ4n) is 8.93. The fraction of sp³-hybridized carbons (Fsp3) is 0.154. The summed E-state index contributed by atoms with van der Waals surface area (Å²) in [7, 11) is 0. The second-order valence-corrected chi connectivity index (χ2v) is 17.5. The van der Waals surface area contributed by atoms with Gasteiger partial charge in [-0.25, -0.2) is 4.84 Å². The van der Waals surface area contributed by atoms with E-state index in [0.29, 0.717) is 5.56 Å². The van der Waals surface area contributed by atoms with Crippen molar-refractivity contribution in [1.29, 1.82) is 5.26 Å². The molecule has 0 aliphatic carbocycles. The molecule has 1 heterocycles. The number of halogens is 24. The van der Waals surface area contributed by atoms with Gasteiger partial charge in [-0.05, 0) is 24.3 Å². The first-order chi connectivity index (χ1) is 36.6. The molecule has 0 radical (unpaired) electrons. The third-order valence-electron chi connectivity index (χ3n) is 12.3. The molecule has 0 aliphatic heterocycles. The highest BCUT2D eigenvalue weighted by Crippen LogP contribution is 2.42. The molecule has 1 aromatic heterocycles. The zero-order chi connectivity index (χ0) is 59.6. The van der Waals surface area contributed by atoms with E-state index in [2.05, 4.69) is 6.07 Å². The summed E-state index contributed by atoms with van der Waals surface area (Å²) in [6, 6.07) is 15.0. The van der Waals surface area contributed by atoms with Crippen molar-refractivity contribution in [3.63, 3.8) is 0 Å². The summed E-state index contributed by atoms with van der Waals surface area (Å²) in [5, 5.41) is 13.3. The van der Waals surface area contributed by atoms with E-state index in [9.17, 15) is 111 Å². The van der Waals surface area contributed by atoms with Crippen LogP contribution in [0.15, 0.2) is 152 Å². The normalized spacial score (nSPS) is 13.2. The van der Waals surface area contributed by atoms with Gasteiger partial charge in [-0.1, -0.05) is 103 Å². The van der Waals surface area contributed by atoms with Crippen molar-refractivity contribution in [1.82, 2.24) is 0 Å². The molecule has 0 saturated heterocycles. The second-order valence-electron chi connectivity index (χ2n) is 17.5. The van der Waals surface area contributed by atoms with E-state index < -0.39 is 195 Å². The monoisotopic (exact) mass is 1160 g/mol. The summed E-state index contributed by atoms with van der Waals surface area (Å²) >= 11 is 0. The Morgan fingerprint density at radius 1 is 0.312 bits per heavy atom. The number of nitriles is 1. The first kappa shape index (κ1) is 59.5. The quantitative estimate of drug-likeness (QED) is 0.0720. The number of fused-ring (bicyclic) bond motifs is 2. The lowest BCUT2D eigenvalue weighted by Crippen LogP contribution is -2.75. The average Bonchev–Trinajstić information content (AvgIpc) is 3.36. The highest BCUT2D eigenvalue weighted by Gasteiger charge is 2.47. The lowest BCUT2D eigenvalue weighted by Gasteiger charge is -2.46. The first-order valence-electron chi connectivity index (χ1n) is 22.0. The molecule has 8 rings (SSSR count). The second kappa shape index (κ2) is 20.5. The number of alkyl halides is 24. The van der Waals surface area contributed by atoms with Gasteiger partial charge in [0.15, 0.2) is 0 Å². The fourth-order valence-corrected chi connectivity index (χ4v) is 8.93. The van der Waals surface area contributed by atoms with Crippen LogP contribution in [0, 0.1) is 11.3 Å². The minimum Gasteiger partial charge on any atom is -0.230 e. The highest BCUT2D eigenvalue weighted by atomic mass is 19.4. The van der Waals surface area contributed by atoms with Gasteiger partial charge in [-0.2, -0.15) is 132 Å². The number of rotatable bonds is 6. The van der Waals surface area contributed by atoms with E-state index in [4.69, 9.17) is 4.84 Å². The van der Waals surface area contributed by atoms with Gasteiger partial charge in [0.25, 0.3) is 0 Å². The summed E-state index contributed by atoms with van der Waals surface area (Å²) in [6.45, 7) is 0. The molecule has 0 spiro atoms. The Morgan fingerprint density at radius 3 is 0.750 bits per heavy atom. The Hall–Kier alpha value is -8.12.